The average Bonchev–Trinajstić information content (AvgIpc) is 2.76. The highest BCUT2D eigenvalue weighted by Crippen LogP contribution is 2.28. The Labute approximate surface area is 167 Å². The van der Waals surface area contributed by atoms with Crippen molar-refractivity contribution in [3.8, 4) is 17.2 Å². The van der Waals surface area contributed by atoms with Crippen molar-refractivity contribution in [3.63, 3.8) is 0 Å². The summed E-state index contributed by atoms with van der Waals surface area (Å²) in [6, 6.07) is 24.4. The first-order chi connectivity index (χ1) is 13.8. The Bertz CT molecular complexity index is 847. The zero-order valence-electron chi connectivity index (χ0n) is 16.5. The Morgan fingerprint density at radius 3 is 2.18 bits per heavy atom. The third-order valence-electron chi connectivity index (χ3n) is 4.54. The van der Waals surface area contributed by atoms with Crippen molar-refractivity contribution in [3.05, 3.63) is 89.5 Å². The van der Waals surface area contributed by atoms with E-state index in [2.05, 4.69) is 23.5 Å². The van der Waals surface area contributed by atoms with Gasteiger partial charge in [0.2, 0.25) is 0 Å². The van der Waals surface area contributed by atoms with Crippen LogP contribution in [-0.4, -0.2) is 20.8 Å². The Kier molecular flexibility index (Phi) is 7.33. The number of nitrogens with one attached hydrogen (secondary N) is 1. The molecule has 0 aromatic heterocycles. The van der Waals surface area contributed by atoms with E-state index in [9.17, 15) is 0 Å². The summed E-state index contributed by atoms with van der Waals surface area (Å²) in [6.45, 7) is 2.21. The molecule has 0 amide bonds. The van der Waals surface area contributed by atoms with Crippen molar-refractivity contribution >= 4 is 0 Å². The van der Waals surface area contributed by atoms with Crippen LogP contribution < -0.4 is 19.5 Å². The van der Waals surface area contributed by atoms with Gasteiger partial charge in [0.25, 0.3) is 0 Å². The molecule has 4 nitrogen and oxygen atoms in total. The van der Waals surface area contributed by atoms with Gasteiger partial charge in [0.1, 0.15) is 12.4 Å². The molecule has 0 atom stereocenters. The van der Waals surface area contributed by atoms with Gasteiger partial charge in [-0.25, -0.2) is 0 Å². The van der Waals surface area contributed by atoms with Gasteiger partial charge in [-0.15, -0.1) is 0 Å². The number of hydrogen-bond acceptors (Lipinski definition) is 4. The molecule has 0 saturated carbocycles. The summed E-state index contributed by atoms with van der Waals surface area (Å²) in [5.41, 5.74) is 3.59. The molecule has 0 aliphatic rings. The van der Waals surface area contributed by atoms with Gasteiger partial charge in [-0.2, -0.15) is 0 Å². The fraction of sp³-hybridized carbons (Fsp3) is 0.250. The standard InChI is InChI=1S/C24H27NO3/c1-26-22-11-8-19(9-12-22)14-15-25-17-21-10-13-23(24(16-21)27-2)28-18-20-6-4-3-5-7-20/h3-13,16,25H,14-15,17-18H2,1-2H3. The van der Waals surface area contributed by atoms with Gasteiger partial charge >= 0.3 is 0 Å². The van der Waals surface area contributed by atoms with Crippen LogP contribution in [0.25, 0.3) is 0 Å². The lowest BCUT2D eigenvalue weighted by molar-refractivity contribution is 0.284. The predicted octanol–water partition coefficient (Wildman–Crippen LogP) is 4.62. The predicted molar refractivity (Wildman–Crippen MR) is 112 cm³/mol. The fourth-order valence-electron chi connectivity index (χ4n) is 2.93. The van der Waals surface area contributed by atoms with Crippen LogP contribution in [0.2, 0.25) is 0 Å². The summed E-state index contributed by atoms with van der Waals surface area (Å²) < 4.78 is 16.6. The van der Waals surface area contributed by atoms with E-state index in [0.29, 0.717) is 6.61 Å². The van der Waals surface area contributed by atoms with Gasteiger partial charge in [-0.3, -0.25) is 0 Å². The van der Waals surface area contributed by atoms with E-state index >= 15 is 0 Å². The maximum Gasteiger partial charge on any atom is 0.161 e. The first-order valence-electron chi connectivity index (χ1n) is 9.46. The fourth-order valence-corrected chi connectivity index (χ4v) is 2.93. The molecule has 0 unspecified atom stereocenters. The van der Waals surface area contributed by atoms with Crippen molar-refractivity contribution in [2.24, 2.45) is 0 Å². The number of ether oxygens (including phenoxy) is 3. The van der Waals surface area contributed by atoms with E-state index in [0.717, 1.165) is 42.3 Å². The summed E-state index contributed by atoms with van der Waals surface area (Å²) >= 11 is 0. The minimum atomic E-state index is 0.524. The molecule has 0 radical (unpaired) electrons. The SMILES string of the molecule is COc1ccc(CCNCc2ccc(OCc3ccccc3)c(OC)c2)cc1. The molecule has 3 aromatic carbocycles. The lowest BCUT2D eigenvalue weighted by Gasteiger charge is -2.13. The second-order valence-electron chi connectivity index (χ2n) is 6.53. The highest BCUT2D eigenvalue weighted by Gasteiger charge is 2.06. The van der Waals surface area contributed by atoms with Crippen molar-refractivity contribution < 1.29 is 14.2 Å². The molecule has 28 heavy (non-hydrogen) atoms. The zero-order chi connectivity index (χ0) is 19.6. The molecular formula is C24H27NO3. The third-order valence-corrected chi connectivity index (χ3v) is 4.54. The van der Waals surface area contributed by atoms with Crippen LogP contribution in [0.5, 0.6) is 17.2 Å². The summed E-state index contributed by atoms with van der Waals surface area (Å²) in [6.07, 6.45) is 0.972. The van der Waals surface area contributed by atoms with Gasteiger partial charge in [0.15, 0.2) is 11.5 Å². The molecule has 0 heterocycles. The quantitative estimate of drug-likeness (QED) is 0.524. The number of hydrogen-bond donors (Lipinski definition) is 1. The van der Waals surface area contributed by atoms with Gasteiger partial charge < -0.3 is 19.5 Å². The average molecular weight is 377 g/mol. The number of rotatable bonds is 10. The van der Waals surface area contributed by atoms with Crippen LogP contribution in [0, 0.1) is 0 Å². The monoisotopic (exact) mass is 377 g/mol. The molecule has 0 saturated heterocycles. The van der Waals surface area contributed by atoms with Gasteiger partial charge in [-0.05, 0) is 53.9 Å². The van der Waals surface area contributed by atoms with Crippen molar-refractivity contribution in [1.82, 2.24) is 5.32 Å². The summed E-state index contributed by atoms with van der Waals surface area (Å²) in [4.78, 5) is 0. The lowest BCUT2D eigenvalue weighted by atomic mass is 10.1. The Morgan fingerprint density at radius 1 is 0.714 bits per heavy atom. The van der Waals surface area contributed by atoms with E-state index in [1.807, 2.05) is 54.6 Å². The lowest BCUT2D eigenvalue weighted by Crippen LogP contribution is -2.16. The number of benzene rings is 3. The minimum absolute atomic E-state index is 0.524. The van der Waals surface area contributed by atoms with Crippen LogP contribution >= 0.6 is 0 Å². The van der Waals surface area contributed by atoms with Crippen LogP contribution in [-0.2, 0) is 19.6 Å². The van der Waals surface area contributed by atoms with E-state index in [1.165, 1.54) is 11.1 Å². The summed E-state index contributed by atoms with van der Waals surface area (Å²) in [7, 11) is 3.36. The largest absolute Gasteiger partial charge is 0.497 e. The summed E-state index contributed by atoms with van der Waals surface area (Å²) in [5, 5.41) is 3.48. The van der Waals surface area contributed by atoms with Crippen molar-refractivity contribution in [2.75, 3.05) is 20.8 Å². The second-order valence-corrected chi connectivity index (χ2v) is 6.53. The van der Waals surface area contributed by atoms with E-state index in [4.69, 9.17) is 14.2 Å². The molecular weight excluding hydrogens is 350 g/mol. The molecule has 0 aliphatic carbocycles. The molecule has 0 bridgehead atoms. The highest BCUT2D eigenvalue weighted by molar-refractivity contribution is 5.43. The smallest absolute Gasteiger partial charge is 0.161 e. The van der Waals surface area contributed by atoms with Crippen molar-refractivity contribution in [1.29, 1.82) is 0 Å². The van der Waals surface area contributed by atoms with Crippen molar-refractivity contribution in [2.45, 2.75) is 19.6 Å². The van der Waals surface area contributed by atoms with E-state index in [-0.39, 0.29) is 0 Å². The molecule has 0 spiro atoms. The Morgan fingerprint density at radius 2 is 1.46 bits per heavy atom. The van der Waals surface area contributed by atoms with Gasteiger partial charge in [0.05, 0.1) is 14.2 Å². The molecule has 146 valence electrons. The second kappa shape index (κ2) is 10.4. The minimum Gasteiger partial charge on any atom is -0.497 e. The van der Waals surface area contributed by atoms with Crippen LogP contribution in [0.1, 0.15) is 16.7 Å². The molecule has 1 N–H and O–H groups in total. The van der Waals surface area contributed by atoms with Crippen LogP contribution in [0.3, 0.4) is 0 Å². The zero-order valence-corrected chi connectivity index (χ0v) is 16.5. The van der Waals surface area contributed by atoms with Crippen LogP contribution in [0.4, 0.5) is 0 Å². The summed E-state index contributed by atoms with van der Waals surface area (Å²) in [5.74, 6) is 2.40. The number of methoxy groups -OCH3 is 2. The molecule has 0 fully saturated rings. The van der Waals surface area contributed by atoms with Gasteiger partial charge in [-0.1, -0.05) is 48.5 Å². The Balaban J connectivity index is 1.48. The maximum atomic E-state index is 5.92. The van der Waals surface area contributed by atoms with E-state index < -0.39 is 0 Å². The topological polar surface area (TPSA) is 39.7 Å². The Hall–Kier alpha value is -2.98. The third kappa shape index (κ3) is 5.76. The highest BCUT2D eigenvalue weighted by atomic mass is 16.5. The first-order valence-corrected chi connectivity index (χ1v) is 9.46. The normalized spacial score (nSPS) is 10.5. The molecule has 3 rings (SSSR count). The first kappa shape index (κ1) is 19.8. The van der Waals surface area contributed by atoms with Gasteiger partial charge in [0, 0.05) is 6.54 Å². The molecule has 0 aliphatic heterocycles. The molecule has 4 heteroatoms. The van der Waals surface area contributed by atoms with Crippen LogP contribution in [0.15, 0.2) is 72.8 Å². The maximum absolute atomic E-state index is 5.92. The van der Waals surface area contributed by atoms with E-state index in [1.54, 1.807) is 14.2 Å². The molecule has 3 aromatic rings.